The summed E-state index contributed by atoms with van der Waals surface area (Å²) >= 11 is 6.09. The summed E-state index contributed by atoms with van der Waals surface area (Å²) < 4.78 is 12.0. The number of carbonyl (C=O) groups is 1. The lowest BCUT2D eigenvalue weighted by Crippen LogP contribution is -2.45. The van der Waals surface area contributed by atoms with Crippen LogP contribution >= 0.6 is 11.6 Å². The molecule has 35 heavy (non-hydrogen) atoms. The number of carbonyl (C=O) groups excluding carboxylic acids is 1. The first kappa shape index (κ1) is 23.7. The summed E-state index contributed by atoms with van der Waals surface area (Å²) in [6.45, 7) is 4.76. The molecule has 5 rings (SSSR count). The molecule has 0 saturated carbocycles. The van der Waals surface area contributed by atoms with Gasteiger partial charge in [-0.05, 0) is 46.9 Å². The molecule has 5 heteroatoms. The number of halogens is 1. The van der Waals surface area contributed by atoms with Crippen LogP contribution in [0.2, 0.25) is 5.02 Å². The van der Waals surface area contributed by atoms with Gasteiger partial charge in [-0.3, -0.25) is 4.79 Å². The molecule has 3 aromatic rings. The molecule has 2 aliphatic heterocycles. The van der Waals surface area contributed by atoms with Crippen molar-refractivity contribution in [2.45, 2.75) is 38.4 Å². The van der Waals surface area contributed by atoms with E-state index in [2.05, 4.69) is 47.4 Å². The van der Waals surface area contributed by atoms with Crippen molar-refractivity contribution in [3.8, 4) is 5.75 Å². The second-order valence-electron chi connectivity index (χ2n) is 9.28. The molecule has 0 unspecified atom stereocenters. The average molecular weight is 488 g/mol. The lowest BCUT2D eigenvalue weighted by Gasteiger charge is -2.41. The molecule has 0 bridgehead atoms. The second-order valence-corrected chi connectivity index (χ2v) is 9.72. The monoisotopic (exact) mass is 487 g/mol. The summed E-state index contributed by atoms with van der Waals surface area (Å²) in [6, 6.07) is 24.5. The summed E-state index contributed by atoms with van der Waals surface area (Å²) in [7, 11) is 0. The fourth-order valence-electron chi connectivity index (χ4n) is 5.25. The third-order valence-corrected chi connectivity index (χ3v) is 7.29. The Bertz CT molecular complexity index is 1180. The molecule has 1 saturated heterocycles. The smallest absolute Gasteiger partial charge is 0.303 e. The Kier molecular flexibility index (Phi) is 6.94. The molecular formula is C30H30ClNO3. The van der Waals surface area contributed by atoms with Crippen molar-refractivity contribution >= 4 is 23.1 Å². The predicted molar refractivity (Wildman–Crippen MR) is 139 cm³/mol. The summed E-state index contributed by atoms with van der Waals surface area (Å²) in [4.78, 5) is 14.4. The van der Waals surface area contributed by atoms with Crippen molar-refractivity contribution in [1.82, 2.24) is 4.90 Å². The number of para-hydroxylation sites is 1. The number of piperidine rings is 1. The summed E-state index contributed by atoms with van der Waals surface area (Å²) in [5.74, 6) is 0.688. The SMILES string of the molecule is CC(=O)OC1(c2ccc(Cl)cc2)CCN(CC/C=C2/c3ccccc3COc3ccccc32)CC1. The molecule has 0 amide bonds. The van der Waals surface area contributed by atoms with Crippen LogP contribution in [0, 0.1) is 0 Å². The zero-order valence-corrected chi connectivity index (χ0v) is 20.8. The molecule has 2 aliphatic rings. The van der Waals surface area contributed by atoms with E-state index in [1.165, 1.54) is 23.6 Å². The van der Waals surface area contributed by atoms with Crippen LogP contribution in [0.4, 0.5) is 0 Å². The number of benzene rings is 3. The number of hydrogen-bond donors (Lipinski definition) is 0. The molecule has 2 heterocycles. The van der Waals surface area contributed by atoms with Crippen molar-refractivity contribution in [2.75, 3.05) is 19.6 Å². The third kappa shape index (κ3) is 5.14. The minimum Gasteiger partial charge on any atom is -0.488 e. The third-order valence-electron chi connectivity index (χ3n) is 7.03. The van der Waals surface area contributed by atoms with Crippen LogP contribution in [-0.2, 0) is 21.7 Å². The van der Waals surface area contributed by atoms with Crippen molar-refractivity contribution in [2.24, 2.45) is 0 Å². The van der Waals surface area contributed by atoms with E-state index in [9.17, 15) is 4.79 Å². The van der Waals surface area contributed by atoms with E-state index in [1.807, 2.05) is 36.4 Å². The van der Waals surface area contributed by atoms with Crippen LogP contribution in [0.1, 0.15) is 48.4 Å². The number of esters is 1. The maximum atomic E-state index is 11.9. The zero-order chi connectivity index (χ0) is 24.3. The topological polar surface area (TPSA) is 38.8 Å². The highest BCUT2D eigenvalue weighted by Crippen LogP contribution is 2.39. The Hall–Kier alpha value is -3.08. The summed E-state index contributed by atoms with van der Waals surface area (Å²) in [5.41, 5.74) is 5.27. The number of hydrogen-bond acceptors (Lipinski definition) is 4. The Morgan fingerprint density at radius 3 is 2.43 bits per heavy atom. The first-order valence-corrected chi connectivity index (χ1v) is 12.6. The van der Waals surface area contributed by atoms with Crippen molar-refractivity contribution < 1.29 is 14.3 Å². The second kappa shape index (κ2) is 10.3. The zero-order valence-electron chi connectivity index (χ0n) is 20.0. The molecule has 4 nitrogen and oxygen atoms in total. The maximum Gasteiger partial charge on any atom is 0.303 e. The van der Waals surface area contributed by atoms with E-state index in [4.69, 9.17) is 21.1 Å². The number of rotatable bonds is 5. The fraction of sp³-hybridized carbons (Fsp3) is 0.300. The molecule has 0 spiro atoms. The molecule has 1 fully saturated rings. The quantitative estimate of drug-likeness (QED) is 0.379. The normalized spacial score (nSPS) is 18.2. The van der Waals surface area contributed by atoms with Gasteiger partial charge in [0.1, 0.15) is 18.0 Å². The molecule has 0 aliphatic carbocycles. The number of nitrogens with zero attached hydrogens (tertiary/aromatic N) is 1. The van der Waals surface area contributed by atoms with Gasteiger partial charge in [-0.25, -0.2) is 0 Å². The molecule has 0 aromatic heterocycles. The molecule has 180 valence electrons. The van der Waals surface area contributed by atoms with Gasteiger partial charge in [-0.15, -0.1) is 0 Å². The minimum absolute atomic E-state index is 0.244. The highest BCUT2D eigenvalue weighted by Gasteiger charge is 2.39. The van der Waals surface area contributed by atoms with Gasteiger partial charge >= 0.3 is 5.97 Å². The van der Waals surface area contributed by atoms with Gasteiger partial charge in [-0.1, -0.05) is 72.3 Å². The van der Waals surface area contributed by atoms with Crippen LogP contribution < -0.4 is 4.74 Å². The summed E-state index contributed by atoms with van der Waals surface area (Å²) in [5, 5.41) is 0.684. The Labute approximate surface area is 212 Å². The van der Waals surface area contributed by atoms with Gasteiger partial charge in [0.25, 0.3) is 0 Å². The standard InChI is InChI=1S/C30H30ClNO3/c1-22(33)35-30(24-12-14-25(31)15-13-24)16-19-32(20-17-30)18-6-10-27-26-8-3-2-7-23(26)21-34-29-11-5-4-9-28(27)29/h2-5,7-15H,6,16-21H2,1H3/b27-10-. The fourth-order valence-corrected chi connectivity index (χ4v) is 5.38. The van der Waals surface area contributed by atoms with Crippen LogP contribution in [-0.4, -0.2) is 30.5 Å². The number of fused-ring (bicyclic) bond motifs is 2. The minimum atomic E-state index is -0.581. The van der Waals surface area contributed by atoms with E-state index in [0.717, 1.165) is 55.8 Å². The van der Waals surface area contributed by atoms with Crippen molar-refractivity contribution in [3.63, 3.8) is 0 Å². The van der Waals surface area contributed by atoms with Crippen LogP contribution in [0.5, 0.6) is 5.75 Å². The maximum absolute atomic E-state index is 11.9. The lowest BCUT2D eigenvalue weighted by molar-refractivity contribution is -0.164. The van der Waals surface area contributed by atoms with E-state index in [0.29, 0.717) is 11.6 Å². The van der Waals surface area contributed by atoms with E-state index >= 15 is 0 Å². The first-order valence-electron chi connectivity index (χ1n) is 12.2. The molecule has 3 aromatic carbocycles. The Balaban J connectivity index is 1.31. The van der Waals surface area contributed by atoms with Crippen molar-refractivity contribution in [3.05, 3.63) is 106 Å². The molecule has 0 N–H and O–H groups in total. The van der Waals surface area contributed by atoms with Gasteiger partial charge in [0.05, 0.1) is 0 Å². The van der Waals surface area contributed by atoms with Crippen LogP contribution in [0.15, 0.2) is 78.9 Å². The van der Waals surface area contributed by atoms with E-state index in [-0.39, 0.29) is 5.97 Å². The van der Waals surface area contributed by atoms with Gasteiger partial charge < -0.3 is 14.4 Å². The highest BCUT2D eigenvalue weighted by atomic mass is 35.5. The molecule has 0 radical (unpaired) electrons. The average Bonchev–Trinajstić information content (AvgIpc) is 3.02. The predicted octanol–water partition coefficient (Wildman–Crippen LogP) is 6.61. The van der Waals surface area contributed by atoms with Gasteiger partial charge in [0.2, 0.25) is 0 Å². The van der Waals surface area contributed by atoms with Crippen LogP contribution in [0.3, 0.4) is 0 Å². The van der Waals surface area contributed by atoms with Gasteiger partial charge in [-0.2, -0.15) is 0 Å². The Morgan fingerprint density at radius 2 is 1.69 bits per heavy atom. The highest BCUT2D eigenvalue weighted by molar-refractivity contribution is 6.30. The van der Waals surface area contributed by atoms with E-state index in [1.54, 1.807) is 0 Å². The van der Waals surface area contributed by atoms with Gasteiger partial charge in [0.15, 0.2) is 0 Å². The molecule has 0 atom stereocenters. The molecular weight excluding hydrogens is 458 g/mol. The largest absolute Gasteiger partial charge is 0.488 e. The Morgan fingerprint density at radius 1 is 1.00 bits per heavy atom. The number of likely N-dealkylation sites (tertiary alicyclic amines) is 1. The first-order chi connectivity index (χ1) is 17.0. The lowest BCUT2D eigenvalue weighted by atomic mass is 9.84. The van der Waals surface area contributed by atoms with Crippen LogP contribution in [0.25, 0.3) is 5.57 Å². The van der Waals surface area contributed by atoms with E-state index < -0.39 is 5.60 Å². The summed E-state index contributed by atoms with van der Waals surface area (Å²) in [6.07, 6.45) is 4.81. The number of ether oxygens (including phenoxy) is 2. The van der Waals surface area contributed by atoms with Crippen molar-refractivity contribution in [1.29, 1.82) is 0 Å². The van der Waals surface area contributed by atoms with Gasteiger partial charge in [0, 0.05) is 50.0 Å².